The first-order valence-electron chi connectivity index (χ1n) is 8.63. The number of ether oxygens (including phenoxy) is 2. The number of hydrogen-bond donors (Lipinski definition) is 0. The molecule has 0 spiro atoms. The molecule has 0 bridgehead atoms. The Bertz CT molecular complexity index is 1090. The molecule has 4 rings (SSSR count). The summed E-state index contributed by atoms with van der Waals surface area (Å²) in [7, 11) is 0. The number of carbonyl (C=O) groups is 1. The van der Waals surface area contributed by atoms with Crippen LogP contribution < -0.4 is 4.74 Å². The molecule has 0 saturated heterocycles. The van der Waals surface area contributed by atoms with Crippen molar-refractivity contribution < 1.29 is 14.3 Å². The smallest absolute Gasteiger partial charge is 0.363 e. The van der Waals surface area contributed by atoms with Crippen molar-refractivity contribution in [1.29, 1.82) is 0 Å². The average molecular weight is 410 g/mol. The highest BCUT2D eigenvalue weighted by molar-refractivity contribution is 7.12. The van der Waals surface area contributed by atoms with Gasteiger partial charge in [0, 0.05) is 10.6 Å². The van der Waals surface area contributed by atoms with Gasteiger partial charge in [-0.25, -0.2) is 9.79 Å². The van der Waals surface area contributed by atoms with Gasteiger partial charge in [0.05, 0.1) is 4.88 Å². The number of cyclic esters (lactones) is 1. The van der Waals surface area contributed by atoms with Gasteiger partial charge in [-0.3, -0.25) is 0 Å². The quantitative estimate of drug-likeness (QED) is 0.405. The Morgan fingerprint density at radius 3 is 2.82 bits per heavy atom. The molecule has 4 nitrogen and oxygen atoms in total. The van der Waals surface area contributed by atoms with Gasteiger partial charge in [-0.2, -0.15) is 0 Å². The number of thiophene rings is 1. The van der Waals surface area contributed by atoms with Crippen molar-refractivity contribution >= 4 is 40.9 Å². The molecule has 0 aliphatic carbocycles. The van der Waals surface area contributed by atoms with E-state index < -0.39 is 5.97 Å². The molecule has 0 N–H and O–H groups in total. The Hall–Kier alpha value is -2.89. The zero-order valence-electron chi connectivity index (χ0n) is 15.0. The van der Waals surface area contributed by atoms with Gasteiger partial charge in [0.1, 0.15) is 12.4 Å². The van der Waals surface area contributed by atoms with Crippen molar-refractivity contribution in [3.63, 3.8) is 0 Å². The first-order chi connectivity index (χ1) is 13.6. The van der Waals surface area contributed by atoms with Crippen molar-refractivity contribution in [2.75, 3.05) is 0 Å². The molecule has 2 heterocycles. The van der Waals surface area contributed by atoms with E-state index in [1.807, 2.05) is 48.7 Å². The number of carbonyl (C=O) groups excluding carboxylic acids is 1. The summed E-state index contributed by atoms with van der Waals surface area (Å²) in [6.07, 6.45) is 1.64. The van der Waals surface area contributed by atoms with Gasteiger partial charge in [-0.1, -0.05) is 41.9 Å². The summed E-state index contributed by atoms with van der Waals surface area (Å²) in [5.74, 6) is 0.441. The van der Waals surface area contributed by atoms with Crippen LogP contribution in [-0.4, -0.2) is 11.9 Å². The summed E-state index contributed by atoms with van der Waals surface area (Å²) < 4.78 is 11.3. The second-order valence-electron chi connectivity index (χ2n) is 6.21. The van der Waals surface area contributed by atoms with E-state index in [1.165, 1.54) is 11.3 Å². The Morgan fingerprint density at radius 1 is 1.18 bits per heavy atom. The van der Waals surface area contributed by atoms with Crippen LogP contribution in [0.4, 0.5) is 0 Å². The van der Waals surface area contributed by atoms with Crippen LogP contribution in [0.25, 0.3) is 6.08 Å². The zero-order valence-corrected chi connectivity index (χ0v) is 16.6. The summed E-state index contributed by atoms with van der Waals surface area (Å²) in [5, 5.41) is 2.45. The van der Waals surface area contributed by atoms with E-state index in [9.17, 15) is 4.79 Å². The first kappa shape index (κ1) is 18.5. The zero-order chi connectivity index (χ0) is 19.5. The molecule has 3 aromatic rings. The Balaban J connectivity index is 1.62. The van der Waals surface area contributed by atoms with Gasteiger partial charge in [0.25, 0.3) is 0 Å². The second-order valence-corrected chi connectivity index (χ2v) is 7.59. The second kappa shape index (κ2) is 8.00. The van der Waals surface area contributed by atoms with Gasteiger partial charge < -0.3 is 9.47 Å². The predicted molar refractivity (Wildman–Crippen MR) is 112 cm³/mol. The molecule has 1 aromatic heterocycles. The number of rotatable bonds is 5. The molecule has 28 heavy (non-hydrogen) atoms. The molecular formula is C22H16ClNO3S. The van der Waals surface area contributed by atoms with Crippen molar-refractivity contribution in [3.8, 4) is 5.75 Å². The number of nitrogens with zero attached hydrogens (tertiary/aromatic N) is 1. The highest BCUT2D eigenvalue weighted by Crippen LogP contribution is 2.29. The van der Waals surface area contributed by atoms with Crippen molar-refractivity contribution in [2.24, 2.45) is 4.99 Å². The lowest BCUT2D eigenvalue weighted by Crippen LogP contribution is -2.03. The van der Waals surface area contributed by atoms with Crippen LogP contribution in [0.2, 0.25) is 5.02 Å². The number of hydrogen-bond acceptors (Lipinski definition) is 5. The maximum atomic E-state index is 12.2. The molecule has 0 amide bonds. The molecule has 1 aliphatic rings. The third-order valence-electron chi connectivity index (χ3n) is 4.26. The SMILES string of the molecule is Cc1ccccc1COc1ccc(Cl)cc1C=C1N=C(c2cccs2)OC1=O. The Labute approximate surface area is 171 Å². The largest absolute Gasteiger partial charge is 0.488 e. The summed E-state index contributed by atoms with van der Waals surface area (Å²) in [5.41, 5.74) is 3.13. The van der Waals surface area contributed by atoms with E-state index in [0.29, 0.717) is 28.8 Å². The summed E-state index contributed by atoms with van der Waals surface area (Å²) in [4.78, 5) is 17.4. The van der Waals surface area contributed by atoms with Crippen molar-refractivity contribution in [3.05, 3.63) is 92.3 Å². The van der Waals surface area contributed by atoms with Gasteiger partial charge in [-0.05, 0) is 53.8 Å². The minimum Gasteiger partial charge on any atom is -0.488 e. The fourth-order valence-corrected chi connectivity index (χ4v) is 3.58. The first-order valence-corrected chi connectivity index (χ1v) is 9.89. The third kappa shape index (κ3) is 4.01. The summed E-state index contributed by atoms with van der Waals surface area (Å²) in [6.45, 7) is 2.46. The molecule has 0 fully saturated rings. The van der Waals surface area contributed by atoms with E-state index >= 15 is 0 Å². The monoisotopic (exact) mass is 409 g/mol. The van der Waals surface area contributed by atoms with E-state index in [4.69, 9.17) is 21.1 Å². The summed E-state index contributed by atoms with van der Waals surface area (Å²) in [6, 6.07) is 17.1. The highest BCUT2D eigenvalue weighted by atomic mass is 35.5. The topological polar surface area (TPSA) is 47.9 Å². The number of aliphatic imine (C=N–C) groups is 1. The van der Waals surface area contributed by atoms with Crippen LogP contribution in [-0.2, 0) is 16.1 Å². The number of halogens is 1. The van der Waals surface area contributed by atoms with Gasteiger partial charge in [0.15, 0.2) is 5.70 Å². The van der Waals surface area contributed by atoms with E-state index in [2.05, 4.69) is 4.99 Å². The maximum absolute atomic E-state index is 12.2. The average Bonchev–Trinajstić information content (AvgIpc) is 3.33. The van der Waals surface area contributed by atoms with Crippen LogP contribution in [0.1, 0.15) is 21.6 Å². The standard InChI is InChI=1S/C22H16ClNO3S/c1-14-5-2-3-6-15(14)13-26-19-9-8-17(23)11-16(19)12-18-22(25)27-21(24-18)20-7-4-10-28-20/h2-12H,13H2,1H3. The lowest BCUT2D eigenvalue weighted by molar-refractivity contribution is -0.129. The fourth-order valence-electron chi connectivity index (χ4n) is 2.75. The molecule has 140 valence electrons. The Morgan fingerprint density at radius 2 is 2.04 bits per heavy atom. The molecule has 1 aliphatic heterocycles. The molecule has 0 unspecified atom stereocenters. The molecule has 2 aromatic carbocycles. The molecule has 6 heteroatoms. The van der Waals surface area contributed by atoms with E-state index in [0.717, 1.165) is 16.0 Å². The van der Waals surface area contributed by atoms with Crippen molar-refractivity contribution in [2.45, 2.75) is 13.5 Å². The normalized spacial score (nSPS) is 14.9. The van der Waals surface area contributed by atoms with Gasteiger partial charge >= 0.3 is 5.97 Å². The summed E-state index contributed by atoms with van der Waals surface area (Å²) >= 11 is 7.62. The van der Waals surface area contributed by atoms with Crippen molar-refractivity contribution in [1.82, 2.24) is 0 Å². The van der Waals surface area contributed by atoms with Crippen LogP contribution in [0.15, 0.2) is 70.7 Å². The lowest BCUT2D eigenvalue weighted by atomic mass is 10.1. The van der Waals surface area contributed by atoms with E-state index in [-0.39, 0.29) is 5.70 Å². The van der Waals surface area contributed by atoms with Crippen LogP contribution >= 0.6 is 22.9 Å². The number of aryl methyl sites for hydroxylation is 1. The molecular weight excluding hydrogens is 394 g/mol. The third-order valence-corrected chi connectivity index (χ3v) is 5.35. The van der Waals surface area contributed by atoms with Crippen LogP contribution in [0.3, 0.4) is 0 Å². The van der Waals surface area contributed by atoms with Crippen LogP contribution in [0.5, 0.6) is 5.75 Å². The fraction of sp³-hybridized carbons (Fsp3) is 0.0909. The highest BCUT2D eigenvalue weighted by Gasteiger charge is 2.25. The van der Waals surface area contributed by atoms with Gasteiger partial charge in [0.2, 0.25) is 5.90 Å². The minimum absolute atomic E-state index is 0.214. The maximum Gasteiger partial charge on any atom is 0.363 e. The Kier molecular flexibility index (Phi) is 5.28. The minimum atomic E-state index is -0.492. The predicted octanol–water partition coefficient (Wildman–Crippen LogP) is 5.63. The van der Waals surface area contributed by atoms with Gasteiger partial charge in [-0.15, -0.1) is 11.3 Å². The number of esters is 1. The van der Waals surface area contributed by atoms with Crippen LogP contribution in [0, 0.1) is 6.92 Å². The molecule has 0 saturated carbocycles. The number of benzene rings is 2. The molecule has 0 radical (unpaired) electrons. The lowest BCUT2D eigenvalue weighted by Gasteiger charge is -2.11. The van der Waals surface area contributed by atoms with E-state index in [1.54, 1.807) is 24.3 Å². The molecule has 0 atom stereocenters.